The molecule has 0 amide bonds. The maximum atomic E-state index is 6.81. The number of para-hydroxylation sites is 2. The molecule has 0 radical (unpaired) electrons. The van der Waals surface area contributed by atoms with Crippen LogP contribution in [0, 0.1) is 0 Å². The molecule has 0 saturated carbocycles. The Labute approximate surface area is 227 Å². The molecule has 39 heavy (non-hydrogen) atoms. The van der Waals surface area contributed by atoms with Crippen LogP contribution in [-0.2, 0) is 5.41 Å². The highest BCUT2D eigenvalue weighted by Crippen LogP contribution is 2.61. The van der Waals surface area contributed by atoms with E-state index >= 15 is 0 Å². The summed E-state index contributed by atoms with van der Waals surface area (Å²) >= 11 is 0. The van der Waals surface area contributed by atoms with Crippen LogP contribution >= 0.6 is 0 Å². The van der Waals surface area contributed by atoms with Crippen molar-refractivity contribution in [3.8, 4) is 23.0 Å². The average molecular weight is 507 g/mol. The molecule has 188 valence electrons. The normalized spacial score (nSPS) is 17.1. The summed E-state index contributed by atoms with van der Waals surface area (Å²) in [5, 5.41) is 6.98. The molecule has 4 heteroatoms. The van der Waals surface area contributed by atoms with Gasteiger partial charge in [0.15, 0.2) is 0 Å². The van der Waals surface area contributed by atoms with E-state index in [2.05, 4.69) is 120 Å². The second-order valence-electron chi connectivity index (χ2n) is 10.1. The molecule has 4 aromatic rings. The molecule has 0 fully saturated rings. The lowest BCUT2D eigenvalue weighted by atomic mass is 9.62. The molecule has 0 aliphatic carbocycles. The van der Waals surface area contributed by atoms with Crippen molar-refractivity contribution in [3.05, 3.63) is 155 Å². The van der Waals surface area contributed by atoms with Crippen LogP contribution in [0.25, 0.3) is 11.4 Å². The van der Waals surface area contributed by atoms with E-state index in [4.69, 9.17) is 9.47 Å². The Morgan fingerprint density at radius 3 is 1.46 bits per heavy atom. The number of hydrogen-bond donors (Lipinski definition) is 2. The van der Waals surface area contributed by atoms with E-state index in [1.807, 2.05) is 12.1 Å². The zero-order valence-corrected chi connectivity index (χ0v) is 21.3. The van der Waals surface area contributed by atoms with E-state index in [-0.39, 0.29) is 0 Å². The smallest absolute Gasteiger partial charge is 0.132 e. The van der Waals surface area contributed by atoms with Crippen LogP contribution in [0.3, 0.4) is 0 Å². The van der Waals surface area contributed by atoms with E-state index in [0.717, 1.165) is 80.9 Å². The second kappa shape index (κ2) is 8.53. The first-order valence-electron chi connectivity index (χ1n) is 13.4. The Hall–Kier alpha value is -4.96. The summed E-state index contributed by atoms with van der Waals surface area (Å²) in [7, 11) is 0. The predicted molar refractivity (Wildman–Crippen MR) is 155 cm³/mol. The lowest BCUT2D eigenvalue weighted by molar-refractivity contribution is 0.399. The molecule has 0 aromatic heterocycles. The largest absolute Gasteiger partial charge is 0.457 e. The van der Waals surface area contributed by atoms with Crippen molar-refractivity contribution in [2.75, 3.05) is 13.1 Å². The van der Waals surface area contributed by atoms with Gasteiger partial charge in [-0.15, -0.1) is 0 Å². The van der Waals surface area contributed by atoms with Crippen molar-refractivity contribution in [1.82, 2.24) is 10.6 Å². The van der Waals surface area contributed by atoms with Crippen molar-refractivity contribution in [2.45, 2.75) is 5.41 Å². The Kier molecular flexibility index (Phi) is 4.83. The summed E-state index contributed by atoms with van der Waals surface area (Å²) in [5.41, 5.74) is 8.25. The van der Waals surface area contributed by atoms with Crippen LogP contribution in [-0.4, -0.2) is 13.1 Å². The lowest BCUT2D eigenvalue weighted by Crippen LogP contribution is -2.37. The van der Waals surface area contributed by atoms with E-state index in [1.54, 1.807) is 0 Å². The fourth-order valence-corrected chi connectivity index (χ4v) is 6.32. The minimum Gasteiger partial charge on any atom is -0.457 e. The number of dihydropyridines is 2. The molecule has 2 N–H and O–H groups in total. The molecule has 0 unspecified atom stereocenters. The van der Waals surface area contributed by atoms with Gasteiger partial charge in [0.1, 0.15) is 23.0 Å². The zero-order valence-electron chi connectivity index (χ0n) is 21.3. The van der Waals surface area contributed by atoms with E-state index in [9.17, 15) is 0 Å². The number of nitrogens with one attached hydrogen (secondary N) is 2. The highest BCUT2D eigenvalue weighted by molar-refractivity contribution is 5.79. The zero-order chi connectivity index (χ0) is 25.8. The quantitative estimate of drug-likeness (QED) is 0.259. The van der Waals surface area contributed by atoms with E-state index in [0.29, 0.717) is 0 Å². The Bertz CT molecular complexity index is 1650. The molecule has 8 rings (SSSR count). The first-order chi connectivity index (χ1) is 19.3. The third-order valence-electron chi connectivity index (χ3n) is 8.03. The number of benzene rings is 4. The molecular weight excluding hydrogens is 480 g/mol. The standard InChI is InChI=1S/C35H26N2O2/c1-3-13-31-25(9-1)35(26-10-2-4-14-32(26)38-31)27-17-15-23(29-11-5-7-19-36-29)21-33(27)39-34-22-24(16-18-28(34)35)30-12-6-8-20-37-30/h1-18,21-22,36-37H,19-20H2. The SMILES string of the molecule is C1=CCNC(c2ccc3c(c2)Oc2cc(C4=CC=CCN4)ccc2C32c3ccccc3Oc3ccccc32)=C1. The summed E-state index contributed by atoms with van der Waals surface area (Å²) in [6, 6.07) is 30.0. The highest BCUT2D eigenvalue weighted by Gasteiger charge is 2.50. The minimum absolute atomic E-state index is 0.589. The Balaban J connectivity index is 1.43. The van der Waals surface area contributed by atoms with Gasteiger partial charge < -0.3 is 20.1 Å². The van der Waals surface area contributed by atoms with Gasteiger partial charge in [-0.2, -0.15) is 0 Å². The topological polar surface area (TPSA) is 42.5 Å². The molecule has 4 aliphatic rings. The van der Waals surface area contributed by atoms with Crippen LogP contribution < -0.4 is 20.1 Å². The van der Waals surface area contributed by atoms with Gasteiger partial charge in [-0.1, -0.05) is 85.0 Å². The van der Waals surface area contributed by atoms with Crippen LogP contribution in [0.4, 0.5) is 0 Å². The number of rotatable bonds is 2. The molecule has 0 atom stereocenters. The first kappa shape index (κ1) is 22.1. The molecule has 4 nitrogen and oxygen atoms in total. The molecule has 4 aromatic carbocycles. The number of fused-ring (bicyclic) bond motifs is 8. The third kappa shape index (κ3) is 3.25. The summed E-state index contributed by atoms with van der Waals surface area (Å²) < 4.78 is 13.3. The summed E-state index contributed by atoms with van der Waals surface area (Å²) in [5.74, 6) is 3.44. The van der Waals surface area contributed by atoms with Crippen LogP contribution in [0.1, 0.15) is 33.4 Å². The summed E-state index contributed by atoms with van der Waals surface area (Å²) in [6.45, 7) is 1.63. The van der Waals surface area contributed by atoms with Gasteiger partial charge in [-0.05, 0) is 36.4 Å². The van der Waals surface area contributed by atoms with Crippen LogP contribution in [0.2, 0.25) is 0 Å². The van der Waals surface area contributed by atoms with Gasteiger partial charge in [-0.3, -0.25) is 0 Å². The van der Waals surface area contributed by atoms with Crippen molar-refractivity contribution in [2.24, 2.45) is 0 Å². The molecule has 0 bridgehead atoms. The molecule has 1 spiro atoms. The minimum atomic E-state index is -0.589. The summed E-state index contributed by atoms with van der Waals surface area (Å²) in [4.78, 5) is 0. The number of hydrogen-bond acceptors (Lipinski definition) is 4. The molecular formula is C35H26N2O2. The monoisotopic (exact) mass is 506 g/mol. The molecule has 4 aliphatic heterocycles. The predicted octanol–water partition coefficient (Wildman–Crippen LogP) is 7.28. The fourth-order valence-electron chi connectivity index (χ4n) is 6.32. The molecule has 0 saturated heterocycles. The third-order valence-corrected chi connectivity index (χ3v) is 8.03. The fraction of sp³-hybridized carbons (Fsp3) is 0.0857. The Morgan fingerprint density at radius 1 is 0.513 bits per heavy atom. The first-order valence-corrected chi connectivity index (χ1v) is 13.4. The van der Waals surface area contributed by atoms with Gasteiger partial charge in [0.05, 0.1) is 5.41 Å². The van der Waals surface area contributed by atoms with Crippen LogP contribution in [0.5, 0.6) is 23.0 Å². The molecule has 4 heterocycles. The van der Waals surface area contributed by atoms with Crippen molar-refractivity contribution < 1.29 is 9.47 Å². The maximum Gasteiger partial charge on any atom is 0.132 e. The van der Waals surface area contributed by atoms with Gasteiger partial charge in [0, 0.05) is 57.9 Å². The maximum absolute atomic E-state index is 6.81. The van der Waals surface area contributed by atoms with Crippen molar-refractivity contribution >= 4 is 11.4 Å². The summed E-state index contributed by atoms with van der Waals surface area (Å²) in [6.07, 6.45) is 12.7. The highest BCUT2D eigenvalue weighted by atomic mass is 16.5. The number of ether oxygens (including phenoxy) is 2. The van der Waals surface area contributed by atoms with Gasteiger partial charge >= 0.3 is 0 Å². The number of allylic oxidation sites excluding steroid dienone is 4. The second-order valence-corrected chi connectivity index (χ2v) is 10.1. The van der Waals surface area contributed by atoms with Crippen molar-refractivity contribution in [1.29, 1.82) is 0 Å². The Morgan fingerprint density at radius 2 is 0.974 bits per heavy atom. The van der Waals surface area contributed by atoms with E-state index in [1.165, 1.54) is 0 Å². The van der Waals surface area contributed by atoms with Crippen LogP contribution in [0.15, 0.2) is 121 Å². The van der Waals surface area contributed by atoms with E-state index < -0.39 is 5.41 Å². The van der Waals surface area contributed by atoms with Gasteiger partial charge in [-0.25, -0.2) is 0 Å². The lowest BCUT2D eigenvalue weighted by Gasteiger charge is -2.45. The average Bonchev–Trinajstić information content (AvgIpc) is 3.01. The van der Waals surface area contributed by atoms with Crippen molar-refractivity contribution in [3.63, 3.8) is 0 Å². The van der Waals surface area contributed by atoms with Gasteiger partial charge in [0.2, 0.25) is 0 Å². The van der Waals surface area contributed by atoms with Gasteiger partial charge in [0.25, 0.3) is 0 Å².